The van der Waals surface area contributed by atoms with E-state index in [2.05, 4.69) is 58.7 Å². The van der Waals surface area contributed by atoms with Gasteiger partial charge in [-0.15, -0.1) is 5.10 Å². The van der Waals surface area contributed by atoms with Crippen LogP contribution in [0.3, 0.4) is 0 Å². The van der Waals surface area contributed by atoms with Crippen LogP contribution in [0, 0.1) is 13.8 Å². The van der Waals surface area contributed by atoms with Gasteiger partial charge in [0.05, 0.1) is 19.0 Å². The van der Waals surface area contributed by atoms with Crippen LogP contribution in [-0.4, -0.2) is 41.2 Å². The third-order valence-corrected chi connectivity index (χ3v) is 6.04. The van der Waals surface area contributed by atoms with Gasteiger partial charge in [0, 0.05) is 37.1 Å². The van der Waals surface area contributed by atoms with Crippen molar-refractivity contribution >= 4 is 17.4 Å². The van der Waals surface area contributed by atoms with Crippen molar-refractivity contribution in [2.75, 3.05) is 30.4 Å². The molecule has 0 bridgehead atoms. The highest BCUT2D eigenvalue weighted by atomic mass is 16.5. The van der Waals surface area contributed by atoms with Crippen LogP contribution in [-0.2, 0) is 6.54 Å². The summed E-state index contributed by atoms with van der Waals surface area (Å²) in [4.78, 5) is 15.0. The predicted molar refractivity (Wildman–Crippen MR) is 131 cm³/mol. The van der Waals surface area contributed by atoms with Gasteiger partial charge in [0.15, 0.2) is 0 Å². The minimum atomic E-state index is -0.265. The number of amides is 2. The fourth-order valence-corrected chi connectivity index (χ4v) is 4.00. The predicted octanol–water partition coefficient (Wildman–Crippen LogP) is 4.55. The molecule has 2 aromatic carbocycles. The number of hydrogen-bond acceptors (Lipinski definition) is 5. The second-order valence-electron chi connectivity index (χ2n) is 8.83. The molecule has 0 unspecified atom stereocenters. The Morgan fingerprint density at radius 1 is 1.15 bits per heavy atom. The van der Waals surface area contributed by atoms with E-state index in [-0.39, 0.29) is 6.03 Å². The molecule has 0 aliphatic carbocycles. The Morgan fingerprint density at radius 2 is 1.94 bits per heavy atom. The SMILES string of the molecule is COc1cc(NC(=O)NCc2cc(C(C)C)c(N3CCC3)cc2C)ccc1-n1cc(C)nn1. The summed E-state index contributed by atoms with van der Waals surface area (Å²) < 4.78 is 7.14. The topological polar surface area (TPSA) is 84.3 Å². The van der Waals surface area contributed by atoms with Gasteiger partial charge in [0.2, 0.25) is 0 Å². The van der Waals surface area contributed by atoms with Crippen LogP contribution < -0.4 is 20.3 Å². The number of aromatic nitrogens is 3. The Balaban J connectivity index is 1.44. The van der Waals surface area contributed by atoms with Crippen molar-refractivity contribution in [3.8, 4) is 11.4 Å². The van der Waals surface area contributed by atoms with Crippen LogP contribution in [0.15, 0.2) is 36.5 Å². The van der Waals surface area contributed by atoms with Crippen molar-refractivity contribution in [2.24, 2.45) is 0 Å². The first kappa shape index (κ1) is 22.6. The monoisotopic (exact) mass is 448 g/mol. The molecule has 33 heavy (non-hydrogen) atoms. The van der Waals surface area contributed by atoms with Crippen LogP contribution in [0.4, 0.5) is 16.2 Å². The Morgan fingerprint density at radius 3 is 2.55 bits per heavy atom. The van der Waals surface area contributed by atoms with Gasteiger partial charge in [-0.25, -0.2) is 9.48 Å². The van der Waals surface area contributed by atoms with E-state index >= 15 is 0 Å². The summed E-state index contributed by atoms with van der Waals surface area (Å²) in [6.07, 6.45) is 3.07. The van der Waals surface area contributed by atoms with Crippen LogP contribution in [0.2, 0.25) is 0 Å². The number of urea groups is 1. The molecule has 0 atom stereocenters. The zero-order valence-electron chi connectivity index (χ0n) is 20.0. The molecule has 2 heterocycles. The number of carbonyl (C=O) groups excluding carboxylic acids is 1. The molecule has 1 aliphatic rings. The highest BCUT2D eigenvalue weighted by molar-refractivity contribution is 5.89. The van der Waals surface area contributed by atoms with E-state index < -0.39 is 0 Å². The normalized spacial score (nSPS) is 13.1. The molecule has 2 amide bonds. The van der Waals surface area contributed by atoms with Crippen molar-refractivity contribution in [3.05, 3.63) is 58.9 Å². The Kier molecular flexibility index (Phi) is 6.53. The minimum absolute atomic E-state index is 0.265. The maximum Gasteiger partial charge on any atom is 0.319 e. The van der Waals surface area contributed by atoms with Gasteiger partial charge in [-0.1, -0.05) is 25.1 Å². The summed E-state index contributed by atoms with van der Waals surface area (Å²) in [6, 6.07) is 9.67. The van der Waals surface area contributed by atoms with Gasteiger partial charge >= 0.3 is 6.03 Å². The van der Waals surface area contributed by atoms with E-state index in [9.17, 15) is 4.79 Å². The first-order chi connectivity index (χ1) is 15.9. The van der Waals surface area contributed by atoms with E-state index in [1.165, 1.54) is 23.2 Å². The number of nitrogens with one attached hydrogen (secondary N) is 2. The van der Waals surface area contributed by atoms with Gasteiger partial charge in [0.1, 0.15) is 11.4 Å². The summed E-state index contributed by atoms with van der Waals surface area (Å²) >= 11 is 0. The van der Waals surface area contributed by atoms with Crippen molar-refractivity contribution < 1.29 is 9.53 Å². The first-order valence-corrected chi connectivity index (χ1v) is 11.4. The molecule has 1 fully saturated rings. The number of aryl methyl sites for hydroxylation is 2. The van der Waals surface area contributed by atoms with Gasteiger partial charge in [0.25, 0.3) is 0 Å². The quantitative estimate of drug-likeness (QED) is 0.554. The molecule has 1 aromatic heterocycles. The van der Waals surface area contributed by atoms with Crippen molar-refractivity contribution in [3.63, 3.8) is 0 Å². The summed E-state index contributed by atoms with van der Waals surface area (Å²) in [6.45, 7) is 11.1. The van der Waals surface area contributed by atoms with E-state index in [1.807, 2.05) is 25.3 Å². The number of methoxy groups -OCH3 is 1. The number of carbonyl (C=O) groups is 1. The average Bonchev–Trinajstić information content (AvgIpc) is 3.17. The van der Waals surface area contributed by atoms with E-state index in [0.717, 1.165) is 30.0 Å². The minimum Gasteiger partial charge on any atom is -0.494 e. The van der Waals surface area contributed by atoms with Crippen molar-refractivity contribution in [2.45, 2.75) is 46.6 Å². The first-order valence-electron chi connectivity index (χ1n) is 11.4. The zero-order valence-corrected chi connectivity index (χ0v) is 20.0. The maximum absolute atomic E-state index is 12.6. The number of anilines is 2. The lowest BCUT2D eigenvalue weighted by Crippen LogP contribution is -2.38. The Labute approximate surface area is 194 Å². The molecule has 1 aliphatic heterocycles. The van der Waals surface area contributed by atoms with Crippen molar-refractivity contribution in [1.29, 1.82) is 0 Å². The van der Waals surface area contributed by atoms with E-state index in [4.69, 9.17) is 4.74 Å². The molecule has 8 nitrogen and oxygen atoms in total. The van der Waals surface area contributed by atoms with Crippen LogP contribution in [0.5, 0.6) is 5.75 Å². The third-order valence-electron chi connectivity index (χ3n) is 6.04. The molecule has 174 valence electrons. The number of rotatable bonds is 7. The molecule has 0 radical (unpaired) electrons. The average molecular weight is 449 g/mol. The van der Waals surface area contributed by atoms with Crippen LogP contribution >= 0.6 is 0 Å². The Bertz CT molecular complexity index is 1150. The summed E-state index contributed by atoms with van der Waals surface area (Å²) in [5.41, 5.74) is 7.19. The van der Waals surface area contributed by atoms with E-state index in [1.54, 1.807) is 17.9 Å². The molecular weight excluding hydrogens is 416 g/mol. The number of hydrogen-bond donors (Lipinski definition) is 2. The highest BCUT2D eigenvalue weighted by Crippen LogP contribution is 2.33. The molecule has 4 rings (SSSR count). The molecule has 0 saturated carbocycles. The molecule has 0 spiro atoms. The summed E-state index contributed by atoms with van der Waals surface area (Å²) in [7, 11) is 1.59. The van der Waals surface area contributed by atoms with Crippen LogP contribution in [0.25, 0.3) is 5.69 Å². The maximum atomic E-state index is 12.6. The second-order valence-corrected chi connectivity index (χ2v) is 8.83. The van der Waals surface area contributed by atoms with Crippen LogP contribution in [0.1, 0.15) is 48.6 Å². The summed E-state index contributed by atoms with van der Waals surface area (Å²) in [5.74, 6) is 1.02. The van der Waals surface area contributed by atoms with E-state index in [0.29, 0.717) is 23.9 Å². The number of nitrogens with zero attached hydrogens (tertiary/aromatic N) is 4. The molecule has 1 saturated heterocycles. The summed E-state index contributed by atoms with van der Waals surface area (Å²) in [5, 5.41) is 14.0. The Hall–Kier alpha value is -3.55. The second kappa shape index (κ2) is 9.52. The van der Waals surface area contributed by atoms with Crippen molar-refractivity contribution in [1.82, 2.24) is 20.3 Å². The van der Waals surface area contributed by atoms with Gasteiger partial charge in [-0.2, -0.15) is 0 Å². The number of ether oxygens (including phenoxy) is 1. The number of benzene rings is 2. The fourth-order valence-electron chi connectivity index (χ4n) is 4.00. The lowest BCUT2D eigenvalue weighted by atomic mass is 9.93. The standard InChI is InChI=1S/C25H32N6O2/c1-16(2)21-12-19(17(3)11-23(21)30-9-6-10-30)14-26-25(32)27-20-7-8-22(24(13-20)33-5)31-15-18(4)28-29-31/h7-8,11-13,15-16H,6,9-10,14H2,1-5H3,(H2,26,27,32). The lowest BCUT2D eigenvalue weighted by molar-refractivity contribution is 0.251. The largest absolute Gasteiger partial charge is 0.494 e. The third kappa shape index (κ3) is 4.94. The van der Waals surface area contributed by atoms with Gasteiger partial charge in [-0.05, 0) is 61.1 Å². The molecule has 8 heteroatoms. The van der Waals surface area contributed by atoms with Gasteiger partial charge in [-0.3, -0.25) is 0 Å². The molecule has 3 aromatic rings. The van der Waals surface area contributed by atoms with Gasteiger partial charge < -0.3 is 20.3 Å². The zero-order chi connectivity index (χ0) is 23.5. The lowest BCUT2D eigenvalue weighted by Gasteiger charge is -2.36. The smallest absolute Gasteiger partial charge is 0.319 e. The highest BCUT2D eigenvalue weighted by Gasteiger charge is 2.20. The molecular formula is C25H32N6O2. The molecule has 2 N–H and O–H groups in total. The fraction of sp³-hybridized carbons (Fsp3) is 0.400.